The molecular formula is C20H19Cl2F2N5. The maximum absolute atomic E-state index is 13.4. The third-order valence-corrected chi connectivity index (χ3v) is 6.96. The number of nitrogens with zero attached hydrogens (tertiary/aromatic N) is 5. The highest BCUT2D eigenvalue weighted by Gasteiger charge is 2.43. The van der Waals surface area contributed by atoms with Gasteiger partial charge in [-0.3, -0.25) is 4.90 Å². The fourth-order valence-corrected chi connectivity index (χ4v) is 5.26. The van der Waals surface area contributed by atoms with Crippen LogP contribution >= 0.6 is 23.2 Å². The molecule has 2 aliphatic heterocycles. The number of benzene rings is 1. The summed E-state index contributed by atoms with van der Waals surface area (Å²) in [4.78, 5) is 10.5. The van der Waals surface area contributed by atoms with Crippen molar-refractivity contribution in [1.29, 1.82) is 0 Å². The molecule has 3 aromatic rings. The summed E-state index contributed by atoms with van der Waals surface area (Å²) in [6, 6.07) is 7.97. The van der Waals surface area contributed by atoms with Crippen LogP contribution in [0.1, 0.15) is 55.0 Å². The predicted molar refractivity (Wildman–Crippen MR) is 107 cm³/mol. The first-order valence-electron chi connectivity index (χ1n) is 9.69. The predicted octanol–water partition coefficient (Wildman–Crippen LogP) is 5.28. The second-order valence-corrected chi connectivity index (χ2v) is 8.60. The van der Waals surface area contributed by atoms with E-state index < -0.39 is 6.43 Å². The summed E-state index contributed by atoms with van der Waals surface area (Å²) in [7, 11) is 0. The Morgan fingerprint density at radius 1 is 1.07 bits per heavy atom. The lowest BCUT2D eigenvalue weighted by molar-refractivity contribution is 0.110. The van der Waals surface area contributed by atoms with Gasteiger partial charge in [0.15, 0.2) is 0 Å². The molecule has 5 nitrogen and oxygen atoms in total. The minimum Gasteiger partial charge on any atom is -0.293 e. The molecule has 0 amide bonds. The monoisotopic (exact) mass is 437 g/mol. The van der Waals surface area contributed by atoms with Crippen LogP contribution in [0.25, 0.3) is 5.78 Å². The SMILES string of the molecule is FC(F)c1cc(C2CCC3CCC2N3Cc2ccc(Cl)c(Cl)c2)n2ncnc2n1. The first kappa shape index (κ1) is 19.2. The molecule has 0 spiro atoms. The van der Waals surface area contributed by atoms with Crippen LogP contribution in [-0.4, -0.2) is 36.6 Å². The summed E-state index contributed by atoms with van der Waals surface area (Å²) < 4.78 is 28.5. The fourth-order valence-electron chi connectivity index (χ4n) is 4.94. The number of aromatic nitrogens is 4. The van der Waals surface area contributed by atoms with Gasteiger partial charge in [0.1, 0.15) is 12.0 Å². The maximum Gasteiger partial charge on any atom is 0.280 e. The van der Waals surface area contributed by atoms with Crippen molar-refractivity contribution in [3.63, 3.8) is 0 Å². The Morgan fingerprint density at radius 2 is 1.90 bits per heavy atom. The fraction of sp³-hybridized carbons (Fsp3) is 0.450. The molecule has 3 unspecified atom stereocenters. The topological polar surface area (TPSA) is 46.3 Å². The van der Waals surface area contributed by atoms with Crippen molar-refractivity contribution in [2.24, 2.45) is 0 Å². The molecule has 2 saturated heterocycles. The average Bonchev–Trinajstić information content (AvgIpc) is 3.26. The van der Waals surface area contributed by atoms with Crippen molar-refractivity contribution in [3.8, 4) is 0 Å². The van der Waals surface area contributed by atoms with E-state index in [1.54, 1.807) is 4.52 Å². The lowest BCUT2D eigenvalue weighted by Gasteiger charge is -2.40. The number of hydrogen-bond donors (Lipinski definition) is 0. The van der Waals surface area contributed by atoms with Crippen LogP contribution in [0.5, 0.6) is 0 Å². The molecule has 4 heterocycles. The Bertz CT molecular complexity index is 1060. The molecule has 2 bridgehead atoms. The number of piperidine rings is 1. The minimum absolute atomic E-state index is 0.0984. The number of hydrogen-bond acceptors (Lipinski definition) is 4. The Morgan fingerprint density at radius 3 is 2.69 bits per heavy atom. The first-order chi connectivity index (χ1) is 14.0. The highest BCUT2D eigenvalue weighted by molar-refractivity contribution is 6.42. The summed E-state index contributed by atoms with van der Waals surface area (Å²) in [6.45, 7) is 0.760. The van der Waals surface area contributed by atoms with Crippen LogP contribution in [0.4, 0.5) is 8.78 Å². The summed E-state index contributed by atoms with van der Waals surface area (Å²) in [6.07, 6.45) is 2.83. The zero-order valence-electron chi connectivity index (χ0n) is 15.5. The van der Waals surface area contributed by atoms with E-state index in [1.807, 2.05) is 18.2 Å². The van der Waals surface area contributed by atoms with Crippen molar-refractivity contribution in [2.75, 3.05) is 0 Å². The van der Waals surface area contributed by atoms with Crippen molar-refractivity contribution in [1.82, 2.24) is 24.5 Å². The number of halogens is 4. The van der Waals surface area contributed by atoms with Crippen LogP contribution in [0, 0.1) is 0 Å². The second-order valence-electron chi connectivity index (χ2n) is 7.78. The quantitative estimate of drug-likeness (QED) is 0.556. The van der Waals surface area contributed by atoms with E-state index in [1.165, 1.54) is 12.4 Å². The van der Waals surface area contributed by atoms with Crippen LogP contribution in [0.2, 0.25) is 10.0 Å². The van der Waals surface area contributed by atoms with Gasteiger partial charge in [-0.2, -0.15) is 10.1 Å². The van der Waals surface area contributed by atoms with Crippen molar-refractivity contribution < 1.29 is 8.78 Å². The van der Waals surface area contributed by atoms with E-state index >= 15 is 0 Å². The molecule has 2 aliphatic rings. The van der Waals surface area contributed by atoms with Gasteiger partial charge in [0.05, 0.1) is 15.7 Å². The Balaban J connectivity index is 1.50. The standard InChI is InChI=1S/C20H19Cl2F2N5/c21-14-5-1-11(7-15(14)22)9-28-12-2-4-13(17(28)6-3-12)18-8-16(19(23)24)27-20-25-10-26-29(18)20/h1,5,7-8,10,12-13,17,19H,2-4,6,9H2. The molecule has 0 radical (unpaired) electrons. The summed E-state index contributed by atoms with van der Waals surface area (Å²) in [5, 5.41) is 5.34. The van der Waals surface area contributed by atoms with Gasteiger partial charge in [-0.25, -0.2) is 18.3 Å². The molecule has 2 aromatic heterocycles. The number of fused-ring (bicyclic) bond motifs is 3. The van der Waals surface area contributed by atoms with E-state index in [4.69, 9.17) is 23.2 Å². The molecule has 0 saturated carbocycles. The Hall–Kier alpha value is -1.83. The van der Waals surface area contributed by atoms with E-state index in [9.17, 15) is 8.78 Å². The summed E-state index contributed by atoms with van der Waals surface area (Å²) in [5.74, 6) is 0.329. The molecule has 0 aliphatic carbocycles. The molecule has 2 fully saturated rings. The van der Waals surface area contributed by atoms with Crippen molar-refractivity contribution in [2.45, 2.75) is 56.7 Å². The van der Waals surface area contributed by atoms with Crippen molar-refractivity contribution in [3.05, 3.63) is 57.6 Å². The lowest BCUT2D eigenvalue weighted by atomic mass is 9.86. The third-order valence-electron chi connectivity index (χ3n) is 6.22. The largest absolute Gasteiger partial charge is 0.293 e. The Labute approximate surface area is 176 Å². The van der Waals surface area contributed by atoms with Crippen LogP contribution in [0.3, 0.4) is 0 Å². The zero-order valence-corrected chi connectivity index (χ0v) is 17.0. The van der Waals surface area contributed by atoms with E-state index in [0.29, 0.717) is 16.1 Å². The number of alkyl halides is 2. The van der Waals surface area contributed by atoms with Crippen LogP contribution in [0.15, 0.2) is 30.6 Å². The molecule has 9 heteroatoms. The molecule has 5 rings (SSSR count). The first-order valence-corrected chi connectivity index (χ1v) is 10.5. The summed E-state index contributed by atoms with van der Waals surface area (Å²) >= 11 is 12.3. The van der Waals surface area contributed by atoms with E-state index in [0.717, 1.165) is 43.5 Å². The summed E-state index contributed by atoms with van der Waals surface area (Å²) in [5.41, 5.74) is 1.63. The maximum atomic E-state index is 13.4. The second kappa shape index (κ2) is 7.45. The van der Waals surface area contributed by atoms with Gasteiger partial charge in [-0.1, -0.05) is 29.3 Å². The highest BCUT2D eigenvalue weighted by Crippen LogP contribution is 2.45. The Kier molecular flexibility index (Phi) is 4.92. The molecular weight excluding hydrogens is 419 g/mol. The van der Waals surface area contributed by atoms with Gasteiger partial charge < -0.3 is 0 Å². The molecule has 1 aromatic carbocycles. The molecule has 3 atom stereocenters. The lowest BCUT2D eigenvalue weighted by Crippen LogP contribution is -2.43. The third kappa shape index (κ3) is 3.39. The van der Waals surface area contributed by atoms with Gasteiger partial charge in [-0.15, -0.1) is 0 Å². The van der Waals surface area contributed by atoms with Gasteiger partial charge in [0.25, 0.3) is 12.2 Å². The smallest absolute Gasteiger partial charge is 0.280 e. The zero-order chi connectivity index (χ0) is 20.1. The molecule has 152 valence electrons. The van der Waals surface area contributed by atoms with Gasteiger partial charge in [0, 0.05) is 24.5 Å². The van der Waals surface area contributed by atoms with Gasteiger partial charge in [0.2, 0.25) is 0 Å². The van der Waals surface area contributed by atoms with E-state index in [2.05, 4.69) is 20.0 Å². The van der Waals surface area contributed by atoms with Crippen LogP contribution < -0.4 is 0 Å². The minimum atomic E-state index is -2.64. The van der Waals surface area contributed by atoms with Gasteiger partial charge in [-0.05, 0) is 49.4 Å². The van der Waals surface area contributed by atoms with Crippen molar-refractivity contribution >= 4 is 29.0 Å². The number of rotatable bonds is 4. The molecule has 29 heavy (non-hydrogen) atoms. The highest BCUT2D eigenvalue weighted by atomic mass is 35.5. The van der Waals surface area contributed by atoms with Crippen LogP contribution in [-0.2, 0) is 6.54 Å². The molecule has 0 N–H and O–H groups in total. The average molecular weight is 438 g/mol. The van der Waals surface area contributed by atoms with Gasteiger partial charge >= 0.3 is 0 Å². The normalized spacial score (nSPS) is 24.7. The van der Waals surface area contributed by atoms with E-state index in [-0.39, 0.29) is 23.4 Å².